The van der Waals surface area contributed by atoms with Gasteiger partial charge in [-0.05, 0) is 63.1 Å². The molecule has 35 heavy (non-hydrogen) atoms. The average molecular weight is 479 g/mol. The number of nitrogens with zero attached hydrogens (tertiary/aromatic N) is 2. The van der Waals surface area contributed by atoms with Crippen LogP contribution in [0.2, 0.25) is 0 Å². The van der Waals surface area contributed by atoms with Crippen molar-refractivity contribution >= 4 is 17.8 Å². The molecule has 0 bridgehead atoms. The van der Waals surface area contributed by atoms with E-state index >= 15 is 0 Å². The van der Waals surface area contributed by atoms with Crippen LogP contribution < -0.4 is 16.2 Å². The van der Waals surface area contributed by atoms with E-state index in [4.69, 9.17) is 5.41 Å². The highest BCUT2D eigenvalue weighted by atomic mass is 16.1. The Morgan fingerprint density at radius 3 is 2.51 bits per heavy atom. The second kappa shape index (κ2) is 11.2. The number of carbonyl (C=O) groups is 1. The van der Waals surface area contributed by atoms with Gasteiger partial charge >= 0.3 is 0 Å². The fourth-order valence-electron chi connectivity index (χ4n) is 5.19. The molecular formula is C27H38N6O2. The molecule has 2 heterocycles. The summed E-state index contributed by atoms with van der Waals surface area (Å²) in [4.78, 5) is 33.4. The van der Waals surface area contributed by atoms with Crippen molar-refractivity contribution in [1.29, 1.82) is 5.41 Å². The first-order chi connectivity index (χ1) is 16.8. The number of likely N-dealkylation sites (N-methyl/N-ethyl adjacent to an activating group) is 1. The van der Waals surface area contributed by atoms with Gasteiger partial charge in [0.2, 0.25) is 0 Å². The predicted octanol–water partition coefficient (Wildman–Crippen LogP) is 3.02. The highest BCUT2D eigenvalue weighted by molar-refractivity contribution is 6.05. The Morgan fingerprint density at radius 1 is 1.14 bits per heavy atom. The van der Waals surface area contributed by atoms with E-state index in [0.29, 0.717) is 22.7 Å². The van der Waals surface area contributed by atoms with Gasteiger partial charge in [-0.3, -0.25) is 14.5 Å². The van der Waals surface area contributed by atoms with E-state index in [-0.39, 0.29) is 18.0 Å². The average Bonchev–Trinajstić information content (AvgIpc) is 3.32. The number of nitrogens with one attached hydrogen (secondary N) is 4. The minimum atomic E-state index is -0.266. The molecule has 2 aromatic rings. The summed E-state index contributed by atoms with van der Waals surface area (Å²) in [7, 11) is 2.14. The number of rotatable bonds is 8. The number of hydrogen-bond donors (Lipinski definition) is 4. The van der Waals surface area contributed by atoms with Gasteiger partial charge in [-0.2, -0.15) is 0 Å². The molecule has 1 saturated carbocycles. The lowest BCUT2D eigenvalue weighted by atomic mass is 9.99. The number of piperazine rings is 1. The first kappa shape index (κ1) is 25.1. The van der Waals surface area contributed by atoms with Crippen LogP contribution in [0.5, 0.6) is 0 Å². The van der Waals surface area contributed by atoms with Crippen molar-refractivity contribution in [2.75, 3.05) is 38.5 Å². The monoisotopic (exact) mass is 478 g/mol. The predicted molar refractivity (Wildman–Crippen MR) is 141 cm³/mol. The third-order valence-corrected chi connectivity index (χ3v) is 7.27. The molecular weight excluding hydrogens is 440 g/mol. The molecule has 188 valence electrons. The number of amides is 1. The van der Waals surface area contributed by atoms with Gasteiger partial charge in [0.1, 0.15) is 0 Å². The number of aryl methyl sites for hydroxylation is 2. The Morgan fingerprint density at radius 2 is 1.86 bits per heavy atom. The summed E-state index contributed by atoms with van der Waals surface area (Å²) in [5, 5.41) is 14.7. The second-order valence-corrected chi connectivity index (χ2v) is 10.1. The summed E-state index contributed by atoms with van der Waals surface area (Å²) in [6.07, 6.45) is 5.90. The molecule has 0 radical (unpaired) electrons. The molecule has 1 aliphatic carbocycles. The van der Waals surface area contributed by atoms with Gasteiger partial charge in [0.05, 0.1) is 5.56 Å². The number of H-pyrrole nitrogens is 1. The van der Waals surface area contributed by atoms with Gasteiger partial charge in [-0.25, -0.2) is 0 Å². The molecule has 4 rings (SSSR count). The van der Waals surface area contributed by atoms with Crippen LogP contribution in [0.3, 0.4) is 0 Å². The first-order valence-electron chi connectivity index (χ1n) is 12.7. The van der Waals surface area contributed by atoms with Crippen LogP contribution in [0.25, 0.3) is 0 Å². The maximum absolute atomic E-state index is 13.4. The fraction of sp³-hybridized carbons (Fsp3) is 0.519. The Hall–Kier alpha value is -2.97. The van der Waals surface area contributed by atoms with Crippen LogP contribution in [-0.4, -0.2) is 66.2 Å². The van der Waals surface area contributed by atoms with E-state index in [2.05, 4.69) is 38.5 Å². The fourth-order valence-corrected chi connectivity index (χ4v) is 5.19. The molecule has 1 aromatic carbocycles. The molecule has 1 aliphatic heterocycles. The van der Waals surface area contributed by atoms with Crippen molar-refractivity contribution < 1.29 is 4.79 Å². The Labute approximate surface area is 207 Å². The van der Waals surface area contributed by atoms with Crippen molar-refractivity contribution in [3.8, 4) is 0 Å². The van der Waals surface area contributed by atoms with Crippen LogP contribution in [0.4, 0.5) is 5.69 Å². The van der Waals surface area contributed by atoms with E-state index in [1.165, 1.54) is 19.1 Å². The maximum atomic E-state index is 13.4. The number of anilines is 1. The molecule has 1 saturated heterocycles. The quantitative estimate of drug-likeness (QED) is 0.437. The summed E-state index contributed by atoms with van der Waals surface area (Å²) in [6.45, 7) is 8.68. The van der Waals surface area contributed by atoms with Gasteiger partial charge in [-0.1, -0.05) is 12.8 Å². The lowest BCUT2D eigenvalue weighted by Crippen LogP contribution is -2.43. The first-order valence-corrected chi connectivity index (χ1v) is 12.7. The number of aromatic nitrogens is 1. The second-order valence-electron chi connectivity index (χ2n) is 10.1. The highest BCUT2D eigenvalue weighted by Crippen LogP contribution is 2.28. The molecule has 1 amide bonds. The zero-order valence-corrected chi connectivity index (χ0v) is 21.2. The Kier molecular flexibility index (Phi) is 8.03. The van der Waals surface area contributed by atoms with E-state index < -0.39 is 0 Å². The standard InChI is InChI=1S/C27H38N6O2/c1-18-12-19(2)30-27(35)24(18)16-29-26(34)22-13-20(17-33-10-8-32(3)9-11-33)14-25(23(22)15-28)31-21-6-4-5-7-21/h12-15,21,28,31H,4-11,16-17H2,1-3H3,(H,29,34)(H,30,35). The molecule has 0 spiro atoms. The number of hydrogen-bond acceptors (Lipinski definition) is 6. The topological polar surface area (TPSA) is 104 Å². The van der Waals surface area contributed by atoms with Crippen LogP contribution >= 0.6 is 0 Å². The maximum Gasteiger partial charge on any atom is 0.253 e. The minimum absolute atomic E-state index is 0.145. The summed E-state index contributed by atoms with van der Waals surface area (Å²) < 4.78 is 0. The summed E-state index contributed by atoms with van der Waals surface area (Å²) in [6, 6.07) is 6.31. The van der Waals surface area contributed by atoms with Crippen molar-refractivity contribution in [2.24, 2.45) is 0 Å². The summed E-state index contributed by atoms with van der Waals surface area (Å²) in [5.74, 6) is -0.266. The van der Waals surface area contributed by atoms with Gasteiger partial charge in [-0.15, -0.1) is 0 Å². The van der Waals surface area contributed by atoms with E-state index in [9.17, 15) is 9.59 Å². The summed E-state index contributed by atoms with van der Waals surface area (Å²) in [5.41, 5.74) is 5.03. The molecule has 0 unspecified atom stereocenters. The largest absolute Gasteiger partial charge is 0.382 e. The minimum Gasteiger partial charge on any atom is -0.382 e. The van der Waals surface area contributed by atoms with Crippen LogP contribution in [0.15, 0.2) is 23.0 Å². The highest BCUT2D eigenvalue weighted by Gasteiger charge is 2.22. The van der Waals surface area contributed by atoms with Crippen molar-refractivity contribution in [2.45, 2.75) is 58.7 Å². The van der Waals surface area contributed by atoms with Crippen molar-refractivity contribution in [3.05, 3.63) is 62.1 Å². The van der Waals surface area contributed by atoms with Crippen molar-refractivity contribution in [1.82, 2.24) is 20.1 Å². The summed E-state index contributed by atoms with van der Waals surface area (Å²) >= 11 is 0. The molecule has 8 heteroatoms. The van der Waals surface area contributed by atoms with Crippen LogP contribution in [0.1, 0.15) is 64.0 Å². The molecule has 2 fully saturated rings. The van der Waals surface area contributed by atoms with Crippen molar-refractivity contribution in [3.63, 3.8) is 0 Å². The van der Waals surface area contributed by atoms with Gasteiger partial charge in [0.25, 0.3) is 11.5 Å². The zero-order chi connectivity index (χ0) is 24.9. The third-order valence-electron chi connectivity index (χ3n) is 7.27. The van der Waals surface area contributed by atoms with Gasteiger partial charge < -0.3 is 25.9 Å². The lowest BCUT2D eigenvalue weighted by Gasteiger charge is -2.32. The van der Waals surface area contributed by atoms with Gasteiger partial charge in [0.15, 0.2) is 0 Å². The molecule has 0 atom stereocenters. The molecule has 4 N–H and O–H groups in total. The number of benzene rings is 1. The number of aromatic amines is 1. The van der Waals surface area contributed by atoms with Crippen LogP contribution in [0, 0.1) is 19.3 Å². The molecule has 2 aliphatic rings. The van der Waals surface area contributed by atoms with E-state index in [0.717, 1.165) is 68.1 Å². The third kappa shape index (κ3) is 6.18. The van der Waals surface area contributed by atoms with Gasteiger partial charge in [0, 0.05) is 74.0 Å². The zero-order valence-electron chi connectivity index (χ0n) is 21.2. The number of carbonyl (C=O) groups excluding carboxylic acids is 1. The SMILES string of the molecule is Cc1cc(C)c(CNC(=O)c2cc(CN3CCN(C)CC3)cc(NC3CCCC3)c2C=N)c(=O)[nH]1. The Balaban J connectivity index is 1.60. The van der Waals surface area contributed by atoms with Crippen LogP contribution in [-0.2, 0) is 13.1 Å². The lowest BCUT2D eigenvalue weighted by molar-refractivity contribution is 0.0950. The number of pyridine rings is 1. The smallest absolute Gasteiger partial charge is 0.253 e. The van der Waals surface area contributed by atoms with E-state index in [1.807, 2.05) is 26.0 Å². The molecule has 1 aromatic heterocycles. The normalized spacial score (nSPS) is 17.5. The molecule has 8 nitrogen and oxygen atoms in total. The van der Waals surface area contributed by atoms with E-state index in [1.54, 1.807) is 0 Å². The Bertz CT molecular complexity index is 1130.